The van der Waals surface area contributed by atoms with E-state index in [4.69, 9.17) is 0 Å². The van der Waals surface area contributed by atoms with Gasteiger partial charge in [0.25, 0.3) is 5.92 Å². The third kappa shape index (κ3) is 11.9. The van der Waals surface area contributed by atoms with E-state index < -0.39 is 5.92 Å². The van der Waals surface area contributed by atoms with Crippen LogP contribution in [0.5, 0.6) is 5.75 Å². The van der Waals surface area contributed by atoms with Crippen molar-refractivity contribution in [1.82, 2.24) is 15.0 Å². The molecule has 0 spiro atoms. The van der Waals surface area contributed by atoms with Gasteiger partial charge >= 0.3 is 0 Å². The number of hydrogen-bond donors (Lipinski definition) is 3. The summed E-state index contributed by atoms with van der Waals surface area (Å²) in [5.74, 6) is -2.05. The number of nitrogens with one attached hydrogen (secondary N) is 2. The van der Waals surface area contributed by atoms with E-state index in [1.165, 1.54) is 0 Å². The summed E-state index contributed by atoms with van der Waals surface area (Å²) >= 11 is 0. The normalized spacial score (nSPS) is 12.4. The Morgan fingerprint density at radius 1 is 1.12 bits per heavy atom. The molecule has 0 bridgehead atoms. The number of hydrogen-bond acceptors (Lipinski definition) is 5. The molecule has 2 rings (SSSR count). The number of H-pyrrole nitrogens is 1. The Kier molecular flexibility index (Phi) is 17.3. The number of aliphatic imine (C=N–C) groups is 1. The van der Waals surface area contributed by atoms with E-state index in [1.807, 2.05) is 53.7 Å². The summed E-state index contributed by atoms with van der Waals surface area (Å²) in [4.78, 5) is 16.3. The number of allylic oxidation sites excluding steroid dienone is 5. The zero-order chi connectivity index (χ0) is 33.4. The van der Waals surface area contributed by atoms with Gasteiger partial charge in [0, 0.05) is 18.8 Å². The molecule has 240 valence electrons. The van der Waals surface area contributed by atoms with Gasteiger partial charge in [0.05, 0.1) is 22.5 Å². The Morgan fingerprint density at radius 2 is 1.72 bits per heavy atom. The number of aromatic hydroxyl groups is 1. The van der Waals surface area contributed by atoms with Gasteiger partial charge in [0.2, 0.25) is 5.95 Å². The molecule has 0 aromatic carbocycles. The highest BCUT2D eigenvalue weighted by Gasteiger charge is 2.33. The standard InChI is InChI=1S/C20H25N5O.C13H24F2.C2H6/c1-7-10-21-13(5)12(4)11-15(8-2)23-20-22-14(6)17-18(26)16(9-3)24-19(17)25-20;1-6-9-13(7-2,8-3)10-11(4)12(5,14)15;1-2/h7-8,10-11,26H,1,5,9H2,2-4,6H3,(H2,22,23,24,25);4,6-10H2,1-3,5H3;1-2H3/b12-11-,15-8+,21-10?;;. The van der Waals surface area contributed by atoms with Gasteiger partial charge in [-0.3, -0.25) is 4.99 Å². The average Bonchev–Trinajstić information content (AvgIpc) is 3.31. The van der Waals surface area contributed by atoms with Crippen LogP contribution in [0.25, 0.3) is 11.0 Å². The molecule has 0 radical (unpaired) electrons. The van der Waals surface area contributed by atoms with Gasteiger partial charge in [-0.05, 0) is 62.7 Å². The second-order valence-corrected chi connectivity index (χ2v) is 10.4. The van der Waals surface area contributed by atoms with E-state index in [0.29, 0.717) is 41.2 Å². The van der Waals surface area contributed by atoms with E-state index in [1.54, 1.807) is 12.3 Å². The van der Waals surface area contributed by atoms with Crippen LogP contribution in [0.15, 0.2) is 65.5 Å². The molecule has 6 nitrogen and oxygen atoms in total. The SMILES string of the molecule is C=C(CC(CC)(CC)CCC)C(C)(F)F.C=CC=NC(=C)/C(C)=C\C(=C/C)Nc1nc(C)c2c(O)c(CC)[nH]c2n1.CC. The predicted octanol–water partition coefficient (Wildman–Crippen LogP) is 10.8. The van der Waals surface area contributed by atoms with Crippen LogP contribution in [-0.4, -0.2) is 32.2 Å². The van der Waals surface area contributed by atoms with Crippen molar-refractivity contribution in [3.05, 3.63) is 71.9 Å². The quantitative estimate of drug-likeness (QED) is 0.115. The Hall–Kier alpha value is -3.55. The maximum absolute atomic E-state index is 13.1. The molecule has 0 unspecified atom stereocenters. The first-order valence-electron chi connectivity index (χ1n) is 15.3. The smallest absolute Gasteiger partial charge is 0.266 e. The zero-order valence-corrected chi connectivity index (χ0v) is 28.2. The van der Waals surface area contributed by atoms with Crippen molar-refractivity contribution in [3.63, 3.8) is 0 Å². The van der Waals surface area contributed by atoms with E-state index in [2.05, 4.69) is 65.8 Å². The fourth-order valence-electron chi connectivity index (χ4n) is 4.57. The van der Waals surface area contributed by atoms with Crippen molar-refractivity contribution in [1.29, 1.82) is 0 Å². The van der Waals surface area contributed by atoms with Crippen molar-refractivity contribution >= 4 is 23.2 Å². The maximum Gasteiger partial charge on any atom is 0.266 e. The fourth-order valence-corrected chi connectivity index (χ4v) is 4.57. The van der Waals surface area contributed by atoms with Crippen LogP contribution in [0.1, 0.15) is 106 Å². The molecule has 0 aliphatic carbocycles. The lowest BCUT2D eigenvalue weighted by molar-refractivity contribution is 0.0496. The first kappa shape index (κ1) is 39.5. The summed E-state index contributed by atoms with van der Waals surface area (Å²) in [7, 11) is 0. The number of fused-ring (bicyclic) bond motifs is 1. The minimum Gasteiger partial charge on any atom is -0.505 e. The third-order valence-electron chi connectivity index (χ3n) is 7.46. The molecule has 0 saturated heterocycles. The van der Waals surface area contributed by atoms with Crippen molar-refractivity contribution < 1.29 is 13.9 Å². The van der Waals surface area contributed by atoms with Crippen LogP contribution >= 0.6 is 0 Å². The molecular weight excluding hydrogens is 544 g/mol. The van der Waals surface area contributed by atoms with E-state index in [0.717, 1.165) is 49.6 Å². The van der Waals surface area contributed by atoms with Crippen LogP contribution in [0.4, 0.5) is 14.7 Å². The molecule has 0 amide bonds. The maximum atomic E-state index is 13.1. The first-order valence-corrected chi connectivity index (χ1v) is 15.3. The zero-order valence-electron chi connectivity index (χ0n) is 28.2. The lowest BCUT2D eigenvalue weighted by atomic mass is 9.73. The Balaban J connectivity index is 0.000000887. The Bertz CT molecular complexity index is 1290. The summed E-state index contributed by atoms with van der Waals surface area (Å²) in [6.45, 7) is 30.0. The highest BCUT2D eigenvalue weighted by molar-refractivity contribution is 5.87. The number of alkyl halides is 2. The molecule has 43 heavy (non-hydrogen) atoms. The number of aryl methyl sites for hydroxylation is 2. The highest BCUT2D eigenvalue weighted by atomic mass is 19.3. The fraction of sp³-hybridized carbons (Fsp3) is 0.514. The molecule has 0 aliphatic rings. The second-order valence-electron chi connectivity index (χ2n) is 10.4. The summed E-state index contributed by atoms with van der Waals surface area (Å²) < 4.78 is 26.1. The monoisotopic (exact) mass is 599 g/mol. The molecule has 0 saturated carbocycles. The van der Waals surface area contributed by atoms with Crippen LogP contribution in [0, 0.1) is 12.3 Å². The molecule has 2 aromatic rings. The molecule has 0 aliphatic heterocycles. The number of halogens is 2. The molecule has 2 heterocycles. The van der Waals surface area contributed by atoms with Gasteiger partial charge in [-0.2, -0.15) is 4.98 Å². The van der Waals surface area contributed by atoms with Crippen molar-refractivity contribution in [2.24, 2.45) is 10.4 Å². The summed E-state index contributed by atoms with van der Waals surface area (Å²) in [5.41, 5.74) is 4.58. The number of anilines is 1. The second kappa shape index (κ2) is 18.9. The molecule has 0 atom stereocenters. The number of nitrogens with zero attached hydrogens (tertiary/aromatic N) is 3. The van der Waals surface area contributed by atoms with E-state index in [9.17, 15) is 13.9 Å². The average molecular weight is 600 g/mol. The summed E-state index contributed by atoms with van der Waals surface area (Å²) in [6, 6.07) is 0. The minimum absolute atomic E-state index is 0.0330. The van der Waals surface area contributed by atoms with Crippen LogP contribution < -0.4 is 5.32 Å². The van der Waals surface area contributed by atoms with E-state index in [-0.39, 0.29) is 16.7 Å². The first-order chi connectivity index (χ1) is 20.2. The lowest BCUT2D eigenvalue weighted by Gasteiger charge is -2.33. The molecule has 2 aromatic heterocycles. The van der Waals surface area contributed by atoms with Gasteiger partial charge in [-0.1, -0.05) is 92.7 Å². The van der Waals surface area contributed by atoms with E-state index >= 15 is 0 Å². The van der Waals surface area contributed by atoms with Crippen molar-refractivity contribution in [2.45, 2.75) is 114 Å². The van der Waals surface area contributed by atoms with Gasteiger partial charge in [-0.25, -0.2) is 13.8 Å². The largest absolute Gasteiger partial charge is 0.505 e. The van der Waals surface area contributed by atoms with Gasteiger partial charge in [0.15, 0.2) is 0 Å². The van der Waals surface area contributed by atoms with Gasteiger partial charge in [0.1, 0.15) is 11.4 Å². The highest BCUT2D eigenvalue weighted by Crippen LogP contribution is 2.41. The lowest BCUT2D eigenvalue weighted by Crippen LogP contribution is -2.24. The molecule has 8 heteroatoms. The molecule has 3 N–H and O–H groups in total. The minimum atomic E-state index is -2.73. The number of aromatic nitrogens is 3. The van der Waals surface area contributed by atoms with Gasteiger partial charge < -0.3 is 15.4 Å². The van der Waals surface area contributed by atoms with Crippen LogP contribution in [-0.2, 0) is 6.42 Å². The third-order valence-corrected chi connectivity index (χ3v) is 7.46. The topological polar surface area (TPSA) is 86.2 Å². The van der Waals surface area contributed by atoms with Crippen molar-refractivity contribution in [2.75, 3.05) is 5.32 Å². The summed E-state index contributed by atoms with van der Waals surface area (Å²) in [5, 5.41) is 14.1. The number of rotatable bonds is 14. The Morgan fingerprint density at radius 3 is 2.19 bits per heavy atom. The Labute approximate surface area is 258 Å². The van der Waals surface area contributed by atoms with Gasteiger partial charge in [-0.15, -0.1) is 0 Å². The van der Waals surface area contributed by atoms with Crippen molar-refractivity contribution in [3.8, 4) is 5.75 Å². The van der Waals surface area contributed by atoms with Crippen LogP contribution in [0.3, 0.4) is 0 Å². The van der Waals surface area contributed by atoms with Crippen LogP contribution in [0.2, 0.25) is 0 Å². The number of aromatic amines is 1. The molecule has 0 fully saturated rings. The predicted molar refractivity (Wildman–Crippen MR) is 182 cm³/mol. The summed E-state index contributed by atoms with van der Waals surface area (Å²) in [6.07, 6.45) is 12.2. The molecular formula is C35H55F2N5O.